The molecule has 150 valence electrons. The van der Waals surface area contributed by atoms with Crippen LogP contribution in [0.15, 0.2) is 42.9 Å². The van der Waals surface area contributed by atoms with Gasteiger partial charge in [-0.3, -0.25) is 0 Å². The number of imidazole rings is 2. The molecule has 0 aliphatic carbocycles. The zero-order valence-corrected chi connectivity index (χ0v) is 16.8. The molecule has 1 aliphatic rings. The topological polar surface area (TPSA) is 61.6 Å². The fraction of sp³-hybridized carbons (Fsp3) is 0.238. The number of nitrogens with zero attached hydrogens (tertiary/aromatic N) is 6. The van der Waals surface area contributed by atoms with Gasteiger partial charge in [0.15, 0.2) is 0 Å². The van der Waals surface area contributed by atoms with Crippen LogP contribution in [0.4, 0.5) is 10.2 Å². The summed E-state index contributed by atoms with van der Waals surface area (Å²) >= 11 is 6.02. The number of fused-ring (bicyclic) bond motifs is 1. The average molecular weight is 423 g/mol. The number of benzene rings is 1. The summed E-state index contributed by atoms with van der Waals surface area (Å²) in [4.78, 5) is 12.3. The highest BCUT2D eigenvalue weighted by Gasteiger charge is 2.35. The summed E-state index contributed by atoms with van der Waals surface area (Å²) in [6, 6.07) is 8.18. The van der Waals surface area contributed by atoms with Gasteiger partial charge in [-0.2, -0.15) is 0 Å². The fourth-order valence-electron chi connectivity index (χ4n) is 3.64. The van der Waals surface area contributed by atoms with E-state index in [1.165, 1.54) is 16.8 Å². The van der Waals surface area contributed by atoms with Crippen LogP contribution in [-0.2, 0) is 11.3 Å². The minimum Gasteiger partial charge on any atom is -0.380 e. The molecular formula is C21H16ClFN6O. The molecule has 5 rings (SSSR count). The summed E-state index contributed by atoms with van der Waals surface area (Å²) in [5.41, 5.74) is 3.29. The van der Waals surface area contributed by atoms with Gasteiger partial charge in [-0.25, -0.2) is 14.4 Å². The molecule has 30 heavy (non-hydrogen) atoms. The summed E-state index contributed by atoms with van der Waals surface area (Å²) in [6.07, 6.45) is 3.24. The van der Waals surface area contributed by atoms with Crippen molar-refractivity contribution in [3.8, 4) is 22.6 Å². The van der Waals surface area contributed by atoms with Crippen molar-refractivity contribution < 1.29 is 9.13 Å². The van der Waals surface area contributed by atoms with Gasteiger partial charge in [0.25, 0.3) is 5.82 Å². The van der Waals surface area contributed by atoms with Crippen LogP contribution in [0.1, 0.15) is 6.92 Å². The summed E-state index contributed by atoms with van der Waals surface area (Å²) in [5, 5.41) is 4.68. The van der Waals surface area contributed by atoms with E-state index in [0.29, 0.717) is 48.2 Å². The predicted octanol–water partition coefficient (Wildman–Crippen LogP) is 4.64. The minimum absolute atomic E-state index is 0.00601. The van der Waals surface area contributed by atoms with E-state index in [9.17, 15) is 4.39 Å². The molecule has 0 spiro atoms. The second-order valence-electron chi connectivity index (χ2n) is 7.72. The van der Waals surface area contributed by atoms with Gasteiger partial charge in [-0.15, -0.1) is 4.52 Å². The van der Waals surface area contributed by atoms with E-state index in [1.807, 2.05) is 16.7 Å². The van der Waals surface area contributed by atoms with Crippen molar-refractivity contribution >= 4 is 23.1 Å². The molecule has 1 saturated heterocycles. The minimum atomic E-state index is -0.486. The van der Waals surface area contributed by atoms with E-state index >= 15 is 0 Å². The molecule has 4 heterocycles. The van der Waals surface area contributed by atoms with Gasteiger partial charge >= 0.3 is 0 Å². The molecule has 1 aromatic carbocycles. The van der Waals surface area contributed by atoms with Gasteiger partial charge in [-0.1, -0.05) is 30.2 Å². The average Bonchev–Trinajstić information content (AvgIpc) is 3.32. The first kappa shape index (κ1) is 18.7. The molecule has 0 atom stereocenters. The zero-order chi connectivity index (χ0) is 20.9. The highest BCUT2D eigenvalue weighted by atomic mass is 35.5. The third kappa shape index (κ3) is 3.03. The lowest BCUT2D eigenvalue weighted by Gasteiger charge is -2.38. The standard InChI is InChI=1S/C21H16ClFN6O/c1-21(10-30-11-21)9-28-12-26-19(13-3-4-15(23)14(22)7-13)20(28)16-5-6-17-25-8-18(24-2)29(17)27-16/h3-8,12H,9-11H2,1H3. The second-order valence-corrected chi connectivity index (χ2v) is 8.13. The Labute approximate surface area is 176 Å². The van der Waals surface area contributed by atoms with Crippen molar-refractivity contribution in [1.82, 2.24) is 24.1 Å². The first-order valence-electron chi connectivity index (χ1n) is 9.28. The molecule has 4 aromatic rings. The van der Waals surface area contributed by atoms with E-state index < -0.39 is 5.82 Å². The molecule has 9 heteroatoms. The van der Waals surface area contributed by atoms with Crippen molar-refractivity contribution in [3.05, 3.63) is 65.1 Å². The highest BCUT2D eigenvalue weighted by molar-refractivity contribution is 6.31. The lowest BCUT2D eigenvalue weighted by molar-refractivity contribution is -0.109. The van der Waals surface area contributed by atoms with Crippen molar-refractivity contribution in [3.63, 3.8) is 0 Å². The SMILES string of the molecule is [C-]#[N+]c1cnc2ccc(-c3c(-c4ccc(F)c(Cl)c4)ncn3CC3(C)COC3)nn12. The summed E-state index contributed by atoms with van der Waals surface area (Å²) in [7, 11) is 0. The van der Waals surface area contributed by atoms with E-state index in [1.54, 1.807) is 18.5 Å². The maximum atomic E-state index is 13.7. The van der Waals surface area contributed by atoms with Crippen molar-refractivity contribution in [2.75, 3.05) is 13.2 Å². The Morgan fingerprint density at radius 1 is 1.27 bits per heavy atom. The molecule has 0 unspecified atom stereocenters. The van der Waals surface area contributed by atoms with Crippen LogP contribution in [0.3, 0.4) is 0 Å². The van der Waals surface area contributed by atoms with E-state index in [2.05, 4.69) is 26.8 Å². The summed E-state index contributed by atoms with van der Waals surface area (Å²) in [5.74, 6) is -0.163. The first-order chi connectivity index (χ1) is 14.5. The van der Waals surface area contributed by atoms with Crippen molar-refractivity contribution in [2.24, 2.45) is 5.41 Å². The molecule has 0 N–H and O–H groups in total. The van der Waals surface area contributed by atoms with Crippen LogP contribution in [0.25, 0.3) is 33.1 Å². The van der Waals surface area contributed by atoms with Gasteiger partial charge in [0.1, 0.15) is 11.5 Å². The van der Waals surface area contributed by atoms with Crippen LogP contribution in [0.5, 0.6) is 0 Å². The Hall–Kier alpha value is -3.28. The summed E-state index contributed by atoms with van der Waals surface area (Å²) < 4.78 is 22.7. The first-order valence-corrected chi connectivity index (χ1v) is 9.66. The lowest BCUT2D eigenvalue weighted by atomic mass is 9.88. The Balaban J connectivity index is 1.70. The monoisotopic (exact) mass is 422 g/mol. The fourth-order valence-corrected chi connectivity index (χ4v) is 3.82. The Morgan fingerprint density at radius 2 is 2.10 bits per heavy atom. The maximum absolute atomic E-state index is 13.7. The van der Waals surface area contributed by atoms with Crippen LogP contribution >= 0.6 is 11.6 Å². The molecule has 3 aromatic heterocycles. The maximum Gasteiger partial charge on any atom is 0.275 e. The third-order valence-electron chi connectivity index (χ3n) is 5.19. The highest BCUT2D eigenvalue weighted by Crippen LogP contribution is 2.36. The molecular weight excluding hydrogens is 407 g/mol. The third-order valence-corrected chi connectivity index (χ3v) is 5.48. The lowest BCUT2D eigenvalue weighted by Crippen LogP contribution is -2.43. The van der Waals surface area contributed by atoms with Gasteiger partial charge in [0.2, 0.25) is 5.65 Å². The quantitative estimate of drug-likeness (QED) is 0.449. The van der Waals surface area contributed by atoms with Crippen molar-refractivity contribution in [2.45, 2.75) is 13.5 Å². The normalized spacial score (nSPS) is 15.1. The molecule has 0 radical (unpaired) electrons. The smallest absolute Gasteiger partial charge is 0.275 e. The largest absolute Gasteiger partial charge is 0.380 e. The van der Waals surface area contributed by atoms with Crippen molar-refractivity contribution in [1.29, 1.82) is 0 Å². The van der Waals surface area contributed by atoms with E-state index in [4.69, 9.17) is 22.9 Å². The number of aromatic nitrogens is 5. The van der Waals surface area contributed by atoms with Gasteiger partial charge in [0.05, 0.1) is 42.1 Å². The van der Waals surface area contributed by atoms with Gasteiger partial charge in [-0.05, 0) is 24.3 Å². The summed E-state index contributed by atoms with van der Waals surface area (Å²) in [6.45, 7) is 11.5. The van der Waals surface area contributed by atoms with E-state index in [0.717, 1.165) is 5.69 Å². The number of halogens is 2. The second kappa shape index (κ2) is 6.90. The predicted molar refractivity (Wildman–Crippen MR) is 110 cm³/mol. The van der Waals surface area contributed by atoms with Crippen LogP contribution < -0.4 is 0 Å². The molecule has 1 fully saturated rings. The number of hydrogen-bond acceptors (Lipinski definition) is 4. The Kier molecular flexibility index (Phi) is 4.31. The Bertz CT molecular complexity index is 1320. The molecule has 1 aliphatic heterocycles. The van der Waals surface area contributed by atoms with Gasteiger partial charge in [0, 0.05) is 23.6 Å². The number of hydrogen-bond donors (Lipinski definition) is 0. The molecule has 0 saturated carbocycles. The van der Waals surface area contributed by atoms with Gasteiger partial charge < -0.3 is 14.1 Å². The zero-order valence-electron chi connectivity index (χ0n) is 16.0. The van der Waals surface area contributed by atoms with Crippen LogP contribution in [0.2, 0.25) is 5.02 Å². The number of ether oxygens (including phenoxy) is 1. The molecule has 0 bridgehead atoms. The molecule has 7 nitrogen and oxygen atoms in total. The number of rotatable bonds is 4. The molecule has 0 amide bonds. The van der Waals surface area contributed by atoms with Crippen LogP contribution in [0, 0.1) is 17.8 Å². The van der Waals surface area contributed by atoms with E-state index in [-0.39, 0.29) is 10.4 Å². The Morgan fingerprint density at radius 3 is 2.80 bits per heavy atom. The van der Waals surface area contributed by atoms with Crippen LogP contribution in [-0.4, -0.2) is 37.4 Å².